The van der Waals surface area contributed by atoms with Crippen molar-refractivity contribution in [2.24, 2.45) is 11.8 Å². The van der Waals surface area contributed by atoms with Gasteiger partial charge in [0.05, 0.1) is 0 Å². The zero-order valence-corrected chi connectivity index (χ0v) is 12.8. The van der Waals surface area contributed by atoms with Crippen molar-refractivity contribution in [3.8, 4) is 5.75 Å². The highest BCUT2D eigenvalue weighted by molar-refractivity contribution is 5.28. The molecule has 1 fully saturated rings. The van der Waals surface area contributed by atoms with Gasteiger partial charge in [-0.1, -0.05) is 51.5 Å². The van der Waals surface area contributed by atoms with Gasteiger partial charge in [0.15, 0.2) is 0 Å². The quantitative estimate of drug-likeness (QED) is 0.786. The average Bonchev–Trinajstić information content (AvgIpc) is 2.47. The standard InChI is InChI=1S/C18H27NO/c1-4-11-20-17-9-6-8-16(12-17)13-19-18-10-5-7-14(2)15(18)3/h4,6,8-9,12,14-15,18-19H,1,5,7,10-11,13H2,2-3H3/t14-,15+,18-/m0/s1. The number of ether oxygens (including phenoxy) is 1. The number of rotatable bonds is 6. The third kappa shape index (κ3) is 4.11. The fourth-order valence-electron chi connectivity index (χ4n) is 3.02. The van der Waals surface area contributed by atoms with Gasteiger partial charge in [-0.25, -0.2) is 0 Å². The fourth-order valence-corrected chi connectivity index (χ4v) is 3.02. The minimum absolute atomic E-state index is 0.564. The van der Waals surface area contributed by atoms with Crippen LogP contribution in [0.2, 0.25) is 0 Å². The van der Waals surface area contributed by atoms with Crippen LogP contribution in [0.1, 0.15) is 38.7 Å². The Morgan fingerprint density at radius 1 is 1.35 bits per heavy atom. The summed E-state index contributed by atoms with van der Waals surface area (Å²) in [5.41, 5.74) is 1.29. The Labute approximate surface area is 123 Å². The van der Waals surface area contributed by atoms with Crippen LogP contribution in [-0.2, 0) is 6.54 Å². The zero-order chi connectivity index (χ0) is 14.4. The summed E-state index contributed by atoms with van der Waals surface area (Å²) < 4.78 is 5.58. The molecule has 1 aliphatic rings. The summed E-state index contributed by atoms with van der Waals surface area (Å²) in [4.78, 5) is 0. The molecule has 2 heteroatoms. The highest BCUT2D eigenvalue weighted by Gasteiger charge is 2.26. The van der Waals surface area contributed by atoms with E-state index < -0.39 is 0 Å². The molecule has 110 valence electrons. The van der Waals surface area contributed by atoms with Crippen LogP contribution in [0.3, 0.4) is 0 Å². The molecule has 1 saturated carbocycles. The molecule has 0 aromatic heterocycles. The molecule has 3 atom stereocenters. The van der Waals surface area contributed by atoms with Gasteiger partial charge in [-0.2, -0.15) is 0 Å². The second kappa shape index (κ2) is 7.49. The number of hydrogen-bond donors (Lipinski definition) is 1. The lowest BCUT2D eigenvalue weighted by molar-refractivity contribution is 0.206. The van der Waals surface area contributed by atoms with Crippen molar-refractivity contribution in [1.29, 1.82) is 0 Å². The van der Waals surface area contributed by atoms with Crippen molar-refractivity contribution < 1.29 is 4.74 Å². The van der Waals surface area contributed by atoms with Gasteiger partial charge in [0.1, 0.15) is 12.4 Å². The third-order valence-electron chi connectivity index (χ3n) is 4.54. The summed E-state index contributed by atoms with van der Waals surface area (Å²) in [7, 11) is 0. The predicted octanol–water partition coefficient (Wildman–Crippen LogP) is 4.17. The Morgan fingerprint density at radius 2 is 2.20 bits per heavy atom. The van der Waals surface area contributed by atoms with Gasteiger partial charge in [-0.15, -0.1) is 0 Å². The zero-order valence-electron chi connectivity index (χ0n) is 12.8. The molecule has 0 radical (unpaired) electrons. The lowest BCUT2D eigenvalue weighted by Gasteiger charge is -2.34. The first-order chi connectivity index (χ1) is 9.70. The molecule has 1 aromatic carbocycles. The molecule has 1 aliphatic carbocycles. The first kappa shape index (κ1) is 15.1. The molecule has 0 bridgehead atoms. The Morgan fingerprint density at radius 3 is 3.00 bits per heavy atom. The Kier molecular flexibility index (Phi) is 5.66. The molecule has 0 saturated heterocycles. The van der Waals surface area contributed by atoms with Crippen molar-refractivity contribution in [3.63, 3.8) is 0 Å². The van der Waals surface area contributed by atoms with E-state index in [4.69, 9.17) is 4.74 Å². The third-order valence-corrected chi connectivity index (χ3v) is 4.54. The van der Waals surface area contributed by atoms with Crippen LogP contribution >= 0.6 is 0 Å². The summed E-state index contributed by atoms with van der Waals surface area (Å²) >= 11 is 0. The van der Waals surface area contributed by atoms with Crippen LogP contribution in [0.15, 0.2) is 36.9 Å². The summed E-state index contributed by atoms with van der Waals surface area (Å²) in [6, 6.07) is 8.98. The van der Waals surface area contributed by atoms with Crippen LogP contribution in [0.5, 0.6) is 5.75 Å². The van der Waals surface area contributed by atoms with E-state index in [9.17, 15) is 0 Å². The van der Waals surface area contributed by atoms with E-state index in [1.54, 1.807) is 6.08 Å². The van der Waals surface area contributed by atoms with E-state index >= 15 is 0 Å². The monoisotopic (exact) mass is 273 g/mol. The van der Waals surface area contributed by atoms with Crippen LogP contribution in [-0.4, -0.2) is 12.6 Å². The minimum Gasteiger partial charge on any atom is -0.490 e. The summed E-state index contributed by atoms with van der Waals surface area (Å²) in [5.74, 6) is 2.53. The molecule has 0 aliphatic heterocycles. The Bertz CT molecular complexity index is 429. The van der Waals surface area contributed by atoms with Crippen LogP contribution in [0.4, 0.5) is 0 Å². The van der Waals surface area contributed by atoms with Crippen LogP contribution < -0.4 is 10.1 Å². The predicted molar refractivity (Wildman–Crippen MR) is 84.9 cm³/mol. The molecule has 2 nitrogen and oxygen atoms in total. The smallest absolute Gasteiger partial charge is 0.120 e. The van der Waals surface area contributed by atoms with Crippen molar-refractivity contribution >= 4 is 0 Å². The van der Waals surface area contributed by atoms with Crippen LogP contribution in [0, 0.1) is 11.8 Å². The van der Waals surface area contributed by atoms with Crippen molar-refractivity contribution in [2.75, 3.05) is 6.61 Å². The number of hydrogen-bond acceptors (Lipinski definition) is 2. The molecule has 1 N–H and O–H groups in total. The second-order valence-corrected chi connectivity index (χ2v) is 6.00. The summed E-state index contributed by atoms with van der Waals surface area (Å²) in [5, 5.41) is 3.73. The van der Waals surface area contributed by atoms with E-state index in [0.29, 0.717) is 12.6 Å². The maximum Gasteiger partial charge on any atom is 0.120 e. The van der Waals surface area contributed by atoms with E-state index in [-0.39, 0.29) is 0 Å². The molecular weight excluding hydrogens is 246 g/mol. The molecule has 0 spiro atoms. The SMILES string of the molecule is C=CCOc1cccc(CN[C@H]2CCC[C@H](C)[C@H]2C)c1. The molecule has 0 unspecified atom stereocenters. The lowest BCUT2D eigenvalue weighted by Crippen LogP contribution is -2.40. The molecular formula is C18H27NO. The Balaban J connectivity index is 1.88. The van der Waals surface area contributed by atoms with E-state index in [2.05, 4.69) is 43.9 Å². The summed E-state index contributed by atoms with van der Waals surface area (Å²) in [6.07, 6.45) is 5.81. The molecule has 20 heavy (non-hydrogen) atoms. The minimum atomic E-state index is 0.564. The first-order valence-corrected chi connectivity index (χ1v) is 7.76. The number of benzene rings is 1. The van der Waals surface area contributed by atoms with Gasteiger partial charge in [0, 0.05) is 12.6 Å². The fraction of sp³-hybridized carbons (Fsp3) is 0.556. The van der Waals surface area contributed by atoms with E-state index in [1.807, 2.05) is 6.07 Å². The average molecular weight is 273 g/mol. The van der Waals surface area contributed by atoms with Crippen molar-refractivity contribution in [3.05, 3.63) is 42.5 Å². The molecule has 0 amide bonds. The van der Waals surface area contributed by atoms with Gasteiger partial charge in [-0.05, 0) is 36.0 Å². The van der Waals surface area contributed by atoms with Gasteiger partial charge < -0.3 is 10.1 Å². The number of nitrogens with one attached hydrogen (secondary N) is 1. The second-order valence-electron chi connectivity index (χ2n) is 6.00. The molecule has 1 aromatic rings. The lowest BCUT2D eigenvalue weighted by atomic mass is 9.78. The normalized spacial score (nSPS) is 26.2. The van der Waals surface area contributed by atoms with Crippen molar-refractivity contribution in [2.45, 2.75) is 45.7 Å². The highest BCUT2D eigenvalue weighted by atomic mass is 16.5. The first-order valence-electron chi connectivity index (χ1n) is 7.76. The highest BCUT2D eigenvalue weighted by Crippen LogP contribution is 2.29. The van der Waals surface area contributed by atoms with Crippen LogP contribution in [0.25, 0.3) is 0 Å². The van der Waals surface area contributed by atoms with Gasteiger partial charge in [0.2, 0.25) is 0 Å². The van der Waals surface area contributed by atoms with Gasteiger partial charge >= 0.3 is 0 Å². The largest absolute Gasteiger partial charge is 0.490 e. The Hall–Kier alpha value is -1.28. The van der Waals surface area contributed by atoms with Crippen molar-refractivity contribution in [1.82, 2.24) is 5.32 Å². The van der Waals surface area contributed by atoms with Gasteiger partial charge in [-0.3, -0.25) is 0 Å². The molecule has 0 heterocycles. The summed E-state index contributed by atoms with van der Waals surface area (Å²) in [6.45, 7) is 9.92. The van der Waals surface area contributed by atoms with Gasteiger partial charge in [0.25, 0.3) is 0 Å². The topological polar surface area (TPSA) is 21.3 Å². The molecule has 2 rings (SSSR count). The van der Waals surface area contributed by atoms with E-state index in [0.717, 1.165) is 24.1 Å². The maximum absolute atomic E-state index is 5.58. The maximum atomic E-state index is 5.58. The van der Waals surface area contributed by atoms with E-state index in [1.165, 1.54) is 24.8 Å².